The summed E-state index contributed by atoms with van der Waals surface area (Å²) in [5.41, 5.74) is 1.27. The van der Waals surface area contributed by atoms with E-state index in [1.807, 2.05) is 37.3 Å². The highest BCUT2D eigenvalue weighted by molar-refractivity contribution is 6.39. The van der Waals surface area contributed by atoms with Crippen LogP contribution in [0, 0.1) is 0 Å². The monoisotopic (exact) mass is 378 g/mol. The number of hydrogen-bond donors (Lipinski definition) is 0. The molecule has 0 N–H and O–H groups in total. The first-order valence-electron chi connectivity index (χ1n) is 8.03. The van der Waals surface area contributed by atoms with Crippen LogP contribution in [-0.4, -0.2) is 24.9 Å². The predicted octanol–water partition coefficient (Wildman–Crippen LogP) is 4.79. The highest BCUT2D eigenvalue weighted by atomic mass is 35.5. The van der Waals surface area contributed by atoms with Gasteiger partial charge in [-0.3, -0.25) is 9.59 Å². The normalized spacial score (nSPS) is 10.4. The third-order valence-corrected chi connectivity index (χ3v) is 4.43. The van der Waals surface area contributed by atoms with Crippen LogP contribution in [0.1, 0.15) is 20.3 Å². The Morgan fingerprint density at radius 3 is 2.04 bits per heavy atom. The molecule has 2 aromatic rings. The van der Waals surface area contributed by atoms with Crippen LogP contribution >= 0.6 is 23.2 Å². The average molecular weight is 379 g/mol. The van der Waals surface area contributed by atoms with Crippen LogP contribution in [0.25, 0.3) is 0 Å². The Morgan fingerprint density at radius 1 is 0.920 bits per heavy atom. The molecule has 2 rings (SSSR count). The predicted molar refractivity (Wildman–Crippen MR) is 104 cm³/mol. The summed E-state index contributed by atoms with van der Waals surface area (Å²) in [5, 5.41) is 0.760. The van der Waals surface area contributed by atoms with E-state index in [0.717, 1.165) is 5.69 Å². The van der Waals surface area contributed by atoms with Crippen LogP contribution in [0.4, 0.5) is 11.4 Å². The molecule has 0 bridgehead atoms. The summed E-state index contributed by atoms with van der Waals surface area (Å²) in [5.74, 6) is -0.284. The van der Waals surface area contributed by atoms with E-state index in [1.54, 1.807) is 23.1 Å². The summed E-state index contributed by atoms with van der Waals surface area (Å²) in [6, 6.07) is 14.5. The van der Waals surface area contributed by atoms with Gasteiger partial charge in [0.25, 0.3) is 0 Å². The zero-order chi connectivity index (χ0) is 18.4. The standard InChI is InChI=1S/C19H20Cl2N2O2/c1-3-22(15-8-5-4-6-9-15)18(25)12-13-23(14(2)24)19-16(20)10-7-11-17(19)21/h4-11H,3,12-13H2,1-2H3. The van der Waals surface area contributed by atoms with E-state index in [1.165, 1.54) is 11.8 Å². The second-order valence-corrected chi connectivity index (χ2v) is 6.28. The fourth-order valence-electron chi connectivity index (χ4n) is 2.63. The average Bonchev–Trinajstić information content (AvgIpc) is 2.58. The first-order chi connectivity index (χ1) is 12.0. The molecule has 0 unspecified atom stereocenters. The quantitative estimate of drug-likeness (QED) is 0.724. The first kappa shape index (κ1) is 19.3. The molecule has 0 atom stereocenters. The molecule has 4 nitrogen and oxygen atoms in total. The third-order valence-electron chi connectivity index (χ3n) is 3.82. The minimum atomic E-state index is -0.217. The van der Waals surface area contributed by atoms with Crippen molar-refractivity contribution in [1.29, 1.82) is 0 Å². The number of carbonyl (C=O) groups is 2. The maximum Gasteiger partial charge on any atom is 0.228 e. The van der Waals surface area contributed by atoms with E-state index in [9.17, 15) is 9.59 Å². The van der Waals surface area contributed by atoms with Crippen molar-refractivity contribution in [2.45, 2.75) is 20.3 Å². The number of benzene rings is 2. The van der Waals surface area contributed by atoms with E-state index in [2.05, 4.69) is 0 Å². The molecule has 132 valence electrons. The van der Waals surface area contributed by atoms with Crippen molar-refractivity contribution in [2.24, 2.45) is 0 Å². The van der Waals surface area contributed by atoms with Crippen LogP contribution in [-0.2, 0) is 9.59 Å². The van der Waals surface area contributed by atoms with E-state index in [0.29, 0.717) is 22.3 Å². The Morgan fingerprint density at radius 2 is 1.52 bits per heavy atom. The number of para-hydroxylation sites is 2. The van der Waals surface area contributed by atoms with Crippen molar-refractivity contribution >= 4 is 46.4 Å². The Balaban J connectivity index is 2.16. The Labute approximate surface area is 157 Å². The van der Waals surface area contributed by atoms with Gasteiger partial charge in [-0.1, -0.05) is 47.5 Å². The van der Waals surface area contributed by atoms with E-state index in [4.69, 9.17) is 23.2 Å². The molecule has 6 heteroatoms. The van der Waals surface area contributed by atoms with Gasteiger partial charge >= 0.3 is 0 Å². The zero-order valence-electron chi connectivity index (χ0n) is 14.2. The zero-order valence-corrected chi connectivity index (χ0v) is 15.7. The number of amides is 2. The van der Waals surface area contributed by atoms with Gasteiger partial charge in [0.15, 0.2) is 0 Å². The minimum Gasteiger partial charge on any atom is -0.313 e. The maximum atomic E-state index is 12.6. The number of nitrogens with zero attached hydrogens (tertiary/aromatic N) is 2. The number of hydrogen-bond acceptors (Lipinski definition) is 2. The van der Waals surface area contributed by atoms with E-state index >= 15 is 0 Å². The number of rotatable bonds is 6. The van der Waals surface area contributed by atoms with E-state index < -0.39 is 0 Å². The molecule has 0 aromatic heterocycles. The molecule has 0 spiro atoms. The second kappa shape index (κ2) is 8.88. The molecule has 0 heterocycles. The molecular weight excluding hydrogens is 359 g/mol. The molecule has 0 saturated heterocycles. The Hall–Kier alpha value is -2.04. The van der Waals surface area contributed by atoms with Crippen molar-refractivity contribution < 1.29 is 9.59 Å². The van der Waals surface area contributed by atoms with Gasteiger partial charge in [-0.15, -0.1) is 0 Å². The molecule has 0 saturated carbocycles. The van der Waals surface area contributed by atoms with Gasteiger partial charge < -0.3 is 9.80 Å². The van der Waals surface area contributed by atoms with Crippen molar-refractivity contribution in [1.82, 2.24) is 0 Å². The van der Waals surface area contributed by atoms with E-state index in [-0.39, 0.29) is 24.8 Å². The van der Waals surface area contributed by atoms with Gasteiger partial charge in [-0.25, -0.2) is 0 Å². The largest absolute Gasteiger partial charge is 0.313 e. The first-order valence-corrected chi connectivity index (χ1v) is 8.78. The molecule has 0 aliphatic carbocycles. The van der Waals surface area contributed by atoms with Crippen molar-refractivity contribution in [3.8, 4) is 0 Å². The SMILES string of the molecule is CCN(C(=O)CCN(C(C)=O)c1c(Cl)cccc1Cl)c1ccccc1. The third kappa shape index (κ3) is 4.74. The number of anilines is 2. The summed E-state index contributed by atoms with van der Waals surface area (Å²) < 4.78 is 0. The molecule has 0 aliphatic heterocycles. The van der Waals surface area contributed by atoms with Gasteiger partial charge in [-0.2, -0.15) is 0 Å². The molecular formula is C19H20Cl2N2O2. The maximum absolute atomic E-state index is 12.6. The number of halogens is 2. The van der Waals surface area contributed by atoms with Gasteiger partial charge in [-0.05, 0) is 31.2 Å². The van der Waals surface area contributed by atoms with Crippen LogP contribution < -0.4 is 9.80 Å². The molecule has 2 amide bonds. The fraction of sp³-hybridized carbons (Fsp3) is 0.263. The Bertz CT molecular complexity index is 730. The van der Waals surface area contributed by atoms with Crippen molar-refractivity contribution in [2.75, 3.05) is 22.9 Å². The molecule has 0 fully saturated rings. The van der Waals surface area contributed by atoms with Crippen molar-refractivity contribution in [3.63, 3.8) is 0 Å². The minimum absolute atomic E-state index is 0.0665. The lowest BCUT2D eigenvalue weighted by Gasteiger charge is -2.26. The van der Waals surface area contributed by atoms with Crippen LogP contribution in [0.2, 0.25) is 10.0 Å². The highest BCUT2D eigenvalue weighted by Crippen LogP contribution is 2.33. The summed E-state index contributed by atoms with van der Waals surface area (Å²) in [7, 11) is 0. The number of carbonyl (C=O) groups excluding carboxylic acids is 2. The lowest BCUT2D eigenvalue weighted by molar-refractivity contribution is -0.118. The summed E-state index contributed by atoms with van der Waals surface area (Å²) in [6.07, 6.45) is 0.171. The summed E-state index contributed by atoms with van der Waals surface area (Å²) in [4.78, 5) is 27.8. The lowest BCUT2D eigenvalue weighted by Crippen LogP contribution is -2.36. The Kier molecular flexibility index (Phi) is 6.85. The molecule has 25 heavy (non-hydrogen) atoms. The fourth-order valence-corrected chi connectivity index (χ4v) is 3.23. The van der Waals surface area contributed by atoms with Gasteiger partial charge in [0.1, 0.15) is 0 Å². The van der Waals surface area contributed by atoms with Crippen LogP contribution in [0.3, 0.4) is 0 Å². The van der Waals surface area contributed by atoms with Gasteiger partial charge in [0.05, 0.1) is 15.7 Å². The van der Waals surface area contributed by atoms with Gasteiger partial charge in [0.2, 0.25) is 11.8 Å². The second-order valence-electron chi connectivity index (χ2n) is 5.46. The van der Waals surface area contributed by atoms with Gasteiger partial charge in [0, 0.05) is 32.1 Å². The smallest absolute Gasteiger partial charge is 0.228 e. The molecule has 0 radical (unpaired) electrons. The highest BCUT2D eigenvalue weighted by Gasteiger charge is 2.21. The summed E-state index contributed by atoms with van der Waals surface area (Å²) >= 11 is 12.4. The van der Waals surface area contributed by atoms with Crippen LogP contribution in [0.15, 0.2) is 48.5 Å². The molecule has 2 aromatic carbocycles. The topological polar surface area (TPSA) is 40.6 Å². The van der Waals surface area contributed by atoms with Crippen LogP contribution in [0.5, 0.6) is 0 Å². The summed E-state index contributed by atoms with van der Waals surface area (Å²) in [6.45, 7) is 4.11. The van der Waals surface area contributed by atoms with Crippen molar-refractivity contribution in [3.05, 3.63) is 58.6 Å². The molecule has 0 aliphatic rings. The lowest BCUT2D eigenvalue weighted by atomic mass is 10.2.